The van der Waals surface area contributed by atoms with Crippen LogP contribution in [0.3, 0.4) is 0 Å². The van der Waals surface area contributed by atoms with E-state index in [1.807, 2.05) is 18.2 Å². The van der Waals surface area contributed by atoms with E-state index < -0.39 is 6.67 Å². The van der Waals surface area contributed by atoms with Gasteiger partial charge in [0.25, 0.3) is 0 Å². The van der Waals surface area contributed by atoms with Gasteiger partial charge in [-0.05, 0) is 25.1 Å². The fourth-order valence-electron chi connectivity index (χ4n) is 2.58. The molecule has 1 aliphatic rings. The van der Waals surface area contributed by atoms with Crippen molar-refractivity contribution in [2.45, 2.75) is 19.8 Å². The molecular weight excluding hydrogens is 255 g/mol. The molecule has 1 aliphatic heterocycles. The smallest absolute Gasteiger partial charge is 0.142 e. The summed E-state index contributed by atoms with van der Waals surface area (Å²) in [6.07, 6.45) is 2.52. The maximum atomic E-state index is 12.3. The van der Waals surface area contributed by atoms with E-state index in [-0.39, 0.29) is 6.61 Å². The number of rotatable bonds is 7. The van der Waals surface area contributed by atoms with Crippen molar-refractivity contribution in [1.82, 2.24) is 4.90 Å². The molecule has 0 radical (unpaired) electrons. The summed E-state index contributed by atoms with van der Waals surface area (Å²) in [4.78, 5) is 4.86. The molecule has 0 aromatic heterocycles. The van der Waals surface area contributed by atoms with Crippen LogP contribution in [0.25, 0.3) is 0 Å². The fourth-order valence-corrected chi connectivity index (χ4v) is 2.58. The topological polar surface area (TPSA) is 15.7 Å². The van der Waals surface area contributed by atoms with Crippen LogP contribution in [-0.2, 0) is 0 Å². The molecule has 2 rings (SSSR count). The van der Waals surface area contributed by atoms with Crippen LogP contribution in [0.1, 0.15) is 19.8 Å². The number of nitrogens with zero attached hydrogens (tertiary/aromatic N) is 2. The number of alkyl halides is 1. The van der Waals surface area contributed by atoms with E-state index in [0.717, 1.165) is 37.6 Å². The third-order valence-corrected chi connectivity index (χ3v) is 3.74. The summed E-state index contributed by atoms with van der Waals surface area (Å²) in [5, 5.41) is 0. The van der Waals surface area contributed by atoms with Gasteiger partial charge in [-0.15, -0.1) is 0 Å². The Balaban J connectivity index is 1.92. The highest BCUT2D eigenvalue weighted by Crippen LogP contribution is 2.28. The zero-order valence-electron chi connectivity index (χ0n) is 12.4. The Labute approximate surface area is 121 Å². The SMILES string of the molecule is CCCCN1CCN(c2ccccc2OCCF)CC1. The van der Waals surface area contributed by atoms with Crippen LogP contribution in [0, 0.1) is 0 Å². The van der Waals surface area contributed by atoms with Crippen molar-refractivity contribution in [3.8, 4) is 5.75 Å². The van der Waals surface area contributed by atoms with Crippen molar-refractivity contribution in [3.05, 3.63) is 24.3 Å². The van der Waals surface area contributed by atoms with Crippen molar-refractivity contribution >= 4 is 5.69 Å². The third kappa shape index (κ3) is 4.10. The lowest BCUT2D eigenvalue weighted by Crippen LogP contribution is -2.46. The molecule has 0 unspecified atom stereocenters. The van der Waals surface area contributed by atoms with Crippen LogP contribution < -0.4 is 9.64 Å². The zero-order valence-corrected chi connectivity index (χ0v) is 12.4. The number of anilines is 1. The van der Waals surface area contributed by atoms with Gasteiger partial charge in [-0.25, -0.2) is 4.39 Å². The van der Waals surface area contributed by atoms with E-state index in [4.69, 9.17) is 4.74 Å². The summed E-state index contributed by atoms with van der Waals surface area (Å²) in [6, 6.07) is 7.94. The van der Waals surface area contributed by atoms with Crippen LogP contribution in [0.4, 0.5) is 10.1 Å². The van der Waals surface area contributed by atoms with E-state index in [1.165, 1.54) is 19.4 Å². The van der Waals surface area contributed by atoms with Crippen molar-refractivity contribution in [1.29, 1.82) is 0 Å². The van der Waals surface area contributed by atoms with E-state index in [1.54, 1.807) is 0 Å². The average Bonchev–Trinajstić information content (AvgIpc) is 2.52. The third-order valence-electron chi connectivity index (χ3n) is 3.74. The molecule has 1 aromatic rings. The number of halogens is 1. The normalized spacial score (nSPS) is 16.4. The lowest BCUT2D eigenvalue weighted by atomic mass is 10.2. The first-order valence-corrected chi connectivity index (χ1v) is 7.60. The molecule has 0 atom stereocenters. The minimum atomic E-state index is -0.445. The fraction of sp³-hybridized carbons (Fsp3) is 0.625. The predicted octanol–water partition coefficient (Wildman–Crippen LogP) is 2.96. The summed E-state index contributed by atoms with van der Waals surface area (Å²) in [7, 11) is 0. The molecule has 20 heavy (non-hydrogen) atoms. The van der Waals surface area contributed by atoms with Gasteiger partial charge in [0.2, 0.25) is 0 Å². The first-order valence-electron chi connectivity index (χ1n) is 7.60. The number of hydrogen-bond donors (Lipinski definition) is 0. The van der Waals surface area contributed by atoms with Gasteiger partial charge in [0, 0.05) is 26.2 Å². The summed E-state index contributed by atoms with van der Waals surface area (Å²) >= 11 is 0. The largest absolute Gasteiger partial charge is 0.489 e. The van der Waals surface area contributed by atoms with Crippen LogP contribution in [0.5, 0.6) is 5.75 Å². The summed E-state index contributed by atoms with van der Waals surface area (Å²) in [5.41, 5.74) is 1.09. The van der Waals surface area contributed by atoms with E-state index in [9.17, 15) is 4.39 Å². The van der Waals surface area contributed by atoms with Gasteiger partial charge in [-0.3, -0.25) is 4.90 Å². The first-order chi connectivity index (χ1) is 9.85. The van der Waals surface area contributed by atoms with Gasteiger partial charge in [0.15, 0.2) is 0 Å². The second-order valence-electron chi connectivity index (χ2n) is 5.19. The molecule has 0 N–H and O–H groups in total. The zero-order chi connectivity index (χ0) is 14.2. The Morgan fingerprint density at radius 3 is 2.60 bits per heavy atom. The molecule has 1 heterocycles. The molecular formula is C16H25FN2O. The first kappa shape index (κ1) is 15.1. The van der Waals surface area contributed by atoms with Crippen molar-refractivity contribution in [2.24, 2.45) is 0 Å². The Hall–Kier alpha value is -1.29. The van der Waals surface area contributed by atoms with Crippen molar-refractivity contribution in [2.75, 3.05) is 50.9 Å². The van der Waals surface area contributed by atoms with Crippen LogP contribution in [-0.4, -0.2) is 50.9 Å². The van der Waals surface area contributed by atoms with E-state index in [0.29, 0.717) is 0 Å². The Kier molecular flexibility index (Phi) is 6.12. The molecule has 0 saturated carbocycles. The summed E-state index contributed by atoms with van der Waals surface area (Å²) in [6.45, 7) is 7.33. The van der Waals surface area contributed by atoms with Gasteiger partial charge < -0.3 is 9.64 Å². The lowest BCUT2D eigenvalue weighted by molar-refractivity contribution is 0.250. The van der Waals surface area contributed by atoms with Gasteiger partial charge in [-0.1, -0.05) is 25.5 Å². The van der Waals surface area contributed by atoms with Crippen molar-refractivity contribution in [3.63, 3.8) is 0 Å². The van der Waals surface area contributed by atoms with Gasteiger partial charge >= 0.3 is 0 Å². The van der Waals surface area contributed by atoms with E-state index >= 15 is 0 Å². The molecule has 0 spiro atoms. The maximum absolute atomic E-state index is 12.3. The molecule has 0 bridgehead atoms. The highest BCUT2D eigenvalue weighted by atomic mass is 19.1. The van der Waals surface area contributed by atoms with Crippen molar-refractivity contribution < 1.29 is 9.13 Å². The molecule has 0 amide bonds. The second-order valence-corrected chi connectivity index (χ2v) is 5.19. The van der Waals surface area contributed by atoms with E-state index in [2.05, 4.69) is 22.8 Å². The maximum Gasteiger partial charge on any atom is 0.142 e. The van der Waals surface area contributed by atoms with Gasteiger partial charge in [-0.2, -0.15) is 0 Å². The number of piperazine rings is 1. The number of hydrogen-bond acceptors (Lipinski definition) is 3. The van der Waals surface area contributed by atoms with Gasteiger partial charge in [0.1, 0.15) is 19.0 Å². The highest BCUT2D eigenvalue weighted by Gasteiger charge is 2.19. The Morgan fingerprint density at radius 1 is 1.15 bits per heavy atom. The number of unbranched alkanes of at least 4 members (excludes halogenated alkanes) is 1. The molecule has 0 aliphatic carbocycles. The van der Waals surface area contributed by atoms with Crippen LogP contribution in [0.15, 0.2) is 24.3 Å². The average molecular weight is 280 g/mol. The monoisotopic (exact) mass is 280 g/mol. The van der Waals surface area contributed by atoms with Gasteiger partial charge in [0.05, 0.1) is 5.69 Å². The molecule has 3 nitrogen and oxygen atoms in total. The summed E-state index contributed by atoms with van der Waals surface area (Å²) < 4.78 is 17.8. The Bertz CT molecular complexity index is 392. The minimum absolute atomic E-state index is 0.132. The standard InChI is InChI=1S/C16H25FN2O/c1-2-3-9-18-10-12-19(13-11-18)15-6-4-5-7-16(15)20-14-8-17/h4-7H,2-3,8-14H2,1H3. The quantitative estimate of drug-likeness (QED) is 0.763. The lowest BCUT2D eigenvalue weighted by Gasteiger charge is -2.36. The highest BCUT2D eigenvalue weighted by molar-refractivity contribution is 5.58. The number of para-hydroxylation sites is 2. The molecule has 4 heteroatoms. The minimum Gasteiger partial charge on any atom is -0.489 e. The van der Waals surface area contributed by atoms with Crippen LogP contribution >= 0.6 is 0 Å². The predicted molar refractivity (Wildman–Crippen MR) is 81.5 cm³/mol. The second kappa shape index (κ2) is 8.10. The number of benzene rings is 1. The molecule has 1 saturated heterocycles. The Morgan fingerprint density at radius 2 is 1.90 bits per heavy atom. The number of ether oxygens (including phenoxy) is 1. The molecule has 1 aromatic carbocycles. The molecule has 1 fully saturated rings. The summed E-state index contributed by atoms with van der Waals surface area (Å²) in [5.74, 6) is 0.798. The van der Waals surface area contributed by atoms with Crippen LogP contribution in [0.2, 0.25) is 0 Å². The molecule has 112 valence electrons.